The summed E-state index contributed by atoms with van der Waals surface area (Å²) < 4.78 is 7.47. The fourth-order valence-electron chi connectivity index (χ4n) is 3.60. The molecule has 33 heavy (non-hydrogen) atoms. The van der Waals surface area contributed by atoms with E-state index in [0.29, 0.717) is 42.9 Å². The van der Waals surface area contributed by atoms with E-state index in [1.54, 1.807) is 37.1 Å². The van der Waals surface area contributed by atoms with E-state index in [0.717, 1.165) is 16.0 Å². The maximum absolute atomic E-state index is 12.4. The van der Waals surface area contributed by atoms with E-state index in [1.165, 1.54) is 17.4 Å². The summed E-state index contributed by atoms with van der Waals surface area (Å²) in [5, 5.41) is 6.30. The number of carbonyl (C=O) groups is 2. The molecule has 0 spiro atoms. The molecule has 2 amide bonds. The van der Waals surface area contributed by atoms with Crippen molar-refractivity contribution < 1.29 is 14.3 Å². The number of nitrogens with zero attached hydrogens (tertiary/aromatic N) is 3. The smallest absolute Gasteiger partial charge is 0.407 e. The Morgan fingerprint density at radius 3 is 3.03 bits per heavy atom. The Hall–Kier alpha value is -3.90. The average molecular weight is 462 g/mol. The number of amides is 2. The van der Waals surface area contributed by atoms with Crippen molar-refractivity contribution in [1.29, 1.82) is 0 Å². The van der Waals surface area contributed by atoms with Gasteiger partial charge >= 0.3 is 6.09 Å². The summed E-state index contributed by atoms with van der Waals surface area (Å²) in [6.45, 7) is 1.08. The minimum atomic E-state index is -0.439. The van der Waals surface area contributed by atoms with Gasteiger partial charge in [-0.1, -0.05) is 12.0 Å². The van der Waals surface area contributed by atoms with Crippen LogP contribution in [0.4, 0.5) is 9.80 Å². The van der Waals surface area contributed by atoms with E-state index in [4.69, 9.17) is 11.2 Å². The quantitative estimate of drug-likeness (QED) is 0.416. The van der Waals surface area contributed by atoms with Crippen molar-refractivity contribution >= 4 is 34.4 Å². The molecular formula is C24H23N5O3S. The van der Waals surface area contributed by atoms with Crippen LogP contribution in [0.15, 0.2) is 49.3 Å². The minimum absolute atomic E-state index is 0.232. The van der Waals surface area contributed by atoms with Crippen LogP contribution in [-0.2, 0) is 28.9 Å². The number of hydrogen-bond donors (Lipinski definition) is 2. The van der Waals surface area contributed by atoms with Crippen molar-refractivity contribution in [2.75, 3.05) is 11.9 Å². The number of ether oxygens (including phenoxy) is 1. The molecule has 0 bridgehead atoms. The first-order valence-corrected chi connectivity index (χ1v) is 11.3. The molecule has 0 aromatic carbocycles. The van der Waals surface area contributed by atoms with E-state index in [1.807, 2.05) is 16.8 Å². The highest BCUT2D eigenvalue weighted by atomic mass is 32.1. The number of thiophene rings is 1. The molecule has 8 nitrogen and oxygen atoms in total. The van der Waals surface area contributed by atoms with Crippen LogP contribution in [0.25, 0.3) is 6.08 Å². The summed E-state index contributed by atoms with van der Waals surface area (Å²) in [5.41, 5.74) is 2.59. The number of carbonyl (C=O) groups excluding carboxylic acids is 2. The fraction of sp³-hybridized carbons (Fsp3) is 0.250. The average Bonchev–Trinajstić information content (AvgIpc) is 3.45. The number of nitrogens with one attached hydrogen (secondary N) is 2. The second kappa shape index (κ2) is 10.6. The van der Waals surface area contributed by atoms with Gasteiger partial charge in [-0.05, 0) is 36.1 Å². The molecule has 1 aliphatic carbocycles. The standard InChI is InChI=1S/C24H23N5O3S/c1-2-19-20-7-6-18(32-24(31)27-11-13-29-12-10-26-16-29)14-21(20)33-23(19)28-22(30)8-5-17-4-3-9-25-15-17/h1,3-5,8-10,12,15-16,18H,6-7,11,13-14H2,(H,27,31)(H,28,30)/b8-5+. The van der Waals surface area contributed by atoms with Crippen molar-refractivity contribution in [3.63, 3.8) is 0 Å². The van der Waals surface area contributed by atoms with Gasteiger partial charge in [0.1, 0.15) is 11.1 Å². The zero-order valence-corrected chi connectivity index (χ0v) is 18.7. The van der Waals surface area contributed by atoms with Gasteiger partial charge in [0.05, 0.1) is 11.9 Å². The maximum atomic E-state index is 12.4. The second-order valence-corrected chi connectivity index (χ2v) is 8.56. The third kappa shape index (κ3) is 5.87. The van der Waals surface area contributed by atoms with Crippen LogP contribution in [0.5, 0.6) is 0 Å². The summed E-state index contributed by atoms with van der Waals surface area (Å²) in [4.78, 5) is 33.6. The Balaban J connectivity index is 1.33. The van der Waals surface area contributed by atoms with Gasteiger partial charge in [-0.25, -0.2) is 9.78 Å². The number of terminal acetylenes is 1. The number of fused-ring (bicyclic) bond motifs is 1. The van der Waals surface area contributed by atoms with Crippen molar-refractivity contribution in [2.24, 2.45) is 0 Å². The maximum Gasteiger partial charge on any atom is 0.407 e. The fourth-order valence-corrected chi connectivity index (χ4v) is 4.87. The number of anilines is 1. The molecule has 0 radical (unpaired) electrons. The van der Waals surface area contributed by atoms with Gasteiger partial charge < -0.3 is 19.9 Å². The molecular weight excluding hydrogens is 438 g/mol. The molecule has 0 saturated heterocycles. The predicted molar refractivity (Wildman–Crippen MR) is 127 cm³/mol. The highest BCUT2D eigenvalue weighted by Gasteiger charge is 2.27. The molecule has 4 rings (SSSR count). The summed E-state index contributed by atoms with van der Waals surface area (Å²) in [5.74, 6) is 2.45. The predicted octanol–water partition coefficient (Wildman–Crippen LogP) is 3.26. The highest BCUT2D eigenvalue weighted by molar-refractivity contribution is 7.16. The molecule has 1 aliphatic rings. The van der Waals surface area contributed by atoms with Crippen molar-refractivity contribution in [2.45, 2.75) is 31.9 Å². The van der Waals surface area contributed by atoms with Crippen LogP contribution in [0.1, 0.15) is 28.0 Å². The molecule has 0 fully saturated rings. The Morgan fingerprint density at radius 2 is 2.27 bits per heavy atom. The molecule has 0 aliphatic heterocycles. The van der Waals surface area contributed by atoms with Gasteiger partial charge in [0.2, 0.25) is 5.91 Å². The van der Waals surface area contributed by atoms with Crippen LogP contribution in [0.3, 0.4) is 0 Å². The summed E-state index contributed by atoms with van der Waals surface area (Å²) in [6, 6.07) is 3.67. The molecule has 3 heterocycles. The number of pyridine rings is 1. The molecule has 2 N–H and O–H groups in total. The third-order valence-electron chi connectivity index (χ3n) is 5.18. The first kappa shape index (κ1) is 22.3. The SMILES string of the molecule is C#Cc1c(NC(=O)/C=C/c2cccnc2)sc2c1CCC(OC(=O)NCCn1ccnc1)C2. The number of hydrogen-bond acceptors (Lipinski definition) is 6. The molecule has 9 heteroatoms. The zero-order valence-electron chi connectivity index (χ0n) is 17.9. The first-order valence-electron chi connectivity index (χ1n) is 10.5. The number of rotatable bonds is 7. The lowest BCUT2D eigenvalue weighted by Crippen LogP contribution is -2.33. The zero-order chi connectivity index (χ0) is 23.0. The van der Waals surface area contributed by atoms with E-state index >= 15 is 0 Å². The lowest BCUT2D eigenvalue weighted by Gasteiger charge is -2.22. The molecule has 168 valence electrons. The normalized spacial score (nSPS) is 14.9. The summed E-state index contributed by atoms with van der Waals surface area (Å²) >= 11 is 1.44. The Kier molecular flexibility index (Phi) is 7.17. The number of alkyl carbamates (subject to hydrolysis) is 1. The summed E-state index contributed by atoms with van der Waals surface area (Å²) in [6.07, 6.45) is 18.7. The van der Waals surface area contributed by atoms with Crippen LogP contribution < -0.4 is 10.6 Å². The summed E-state index contributed by atoms with van der Waals surface area (Å²) in [7, 11) is 0. The van der Waals surface area contributed by atoms with Gasteiger partial charge in [0, 0.05) is 55.3 Å². The Labute approximate surface area is 195 Å². The van der Waals surface area contributed by atoms with Crippen LogP contribution in [0, 0.1) is 12.3 Å². The lowest BCUT2D eigenvalue weighted by atomic mass is 9.93. The third-order valence-corrected chi connectivity index (χ3v) is 6.35. The van der Waals surface area contributed by atoms with Crippen molar-refractivity contribution in [3.8, 4) is 12.3 Å². The van der Waals surface area contributed by atoms with Crippen LogP contribution in [0.2, 0.25) is 0 Å². The van der Waals surface area contributed by atoms with E-state index in [2.05, 4.69) is 26.5 Å². The van der Waals surface area contributed by atoms with Gasteiger partial charge in [-0.2, -0.15) is 0 Å². The Bertz CT molecular complexity index is 1180. The molecule has 3 aromatic heterocycles. The van der Waals surface area contributed by atoms with Gasteiger partial charge in [-0.3, -0.25) is 9.78 Å². The van der Waals surface area contributed by atoms with Crippen LogP contribution in [-0.4, -0.2) is 39.2 Å². The van der Waals surface area contributed by atoms with E-state index in [9.17, 15) is 9.59 Å². The monoisotopic (exact) mass is 461 g/mol. The number of aromatic nitrogens is 3. The van der Waals surface area contributed by atoms with Gasteiger partial charge in [0.15, 0.2) is 0 Å². The van der Waals surface area contributed by atoms with E-state index in [-0.39, 0.29) is 12.0 Å². The highest BCUT2D eigenvalue weighted by Crippen LogP contribution is 2.38. The van der Waals surface area contributed by atoms with Gasteiger partial charge in [-0.15, -0.1) is 17.8 Å². The van der Waals surface area contributed by atoms with Crippen LogP contribution >= 0.6 is 11.3 Å². The van der Waals surface area contributed by atoms with Crippen molar-refractivity contribution in [3.05, 3.63) is 70.9 Å². The molecule has 0 saturated carbocycles. The second-order valence-electron chi connectivity index (χ2n) is 7.46. The lowest BCUT2D eigenvalue weighted by molar-refractivity contribution is -0.111. The van der Waals surface area contributed by atoms with E-state index < -0.39 is 6.09 Å². The first-order chi connectivity index (χ1) is 16.1. The molecule has 1 unspecified atom stereocenters. The Morgan fingerprint density at radius 1 is 1.36 bits per heavy atom. The minimum Gasteiger partial charge on any atom is -0.446 e. The topological polar surface area (TPSA) is 98.1 Å². The number of imidazole rings is 1. The van der Waals surface area contributed by atoms with Gasteiger partial charge in [0.25, 0.3) is 0 Å². The molecule has 3 aromatic rings. The largest absolute Gasteiger partial charge is 0.446 e. The molecule has 1 atom stereocenters. The van der Waals surface area contributed by atoms with Crippen molar-refractivity contribution in [1.82, 2.24) is 19.9 Å².